The summed E-state index contributed by atoms with van der Waals surface area (Å²) < 4.78 is 5.23. The Balaban J connectivity index is 1.42. The molecule has 1 heterocycles. The van der Waals surface area contributed by atoms with Crippen molar-refractivity contribution in [2.45, 2.75) is 26.4 Å². The zero-order chi connectivity index (χ0) is 23.6. The van der Waals surface area contributed by atoms with Crippen LogP contribution in [-0.4, -0.2) is 48.9 Å². The van der Waals surface area contributed by atoms with E-state index in [1.165, 1.54) is 11.3 Å². The molecule has 3 rings (SSSR count). The van der Waals surface area contributed by atoms with E-state index in [4.69, 9.17) is 4.74 Å². The second-order valence-corrected chi connectivity index (χ2v) is 8.71. The average molecular weight is 467 g/mol. The molecule has 174 valence electrons. The highest BCUT2D eigenvalue weighted by atomic mass is 32.1. The van der Waals surface area contributed by atoms with Crippen molar-refractivity contribution in [2.75, 3.05) is 27.2 Å². The summed E-state index contributed by atoms with van der Waals surface area (Å²) in [7, 11) is 3.40. The first-order chi connectivity index (χ1) is 16.0. The van der Waals surface area contributed by atoms with E-state index in [-0.39, 0.29) is 11.8 Å². The van der Waals surface area contributed by atoms with Crippen LogP contribution in [0.1, 0.15) is 43.4 Å². The lowest BCUT2D eigenvalue weighted by Gasteiger charge is -2.16. The summed E-state index contributed by atoms with van der Waals surface area (Å²) in [6.45, 7) is 4.43. The molecule has 0 unspecified atom stereocenters. The van der Waals surface area contributed by atoms with Crippen LogP contribution < -0.4 is 15.4 Å². The van der Waals surface area contributed by atoms with Crippen LogP contribution >= 0.6 is 11.3 Å². The second kappa shape index (κ2) is 12.1. The summed E-state index contributed by atoms with van der Waals surface area (Å²) >= 11 is 1.53. The van der Waals surface area contributed by atoms with Gasteiger partial charge in [0.25, 0.3) is 11.8 Å². The van der Waals surface area contributed by atoms with E-state index in [0.29, 0.717) is 24.2 Å². The van der Waals surface area contributed by atoms with Crippen LogP contribution in [-0.2, 0) is 13.1 Å². The second-order valence-electron chi connectivity index (χ2n) is 7.76. The van der Waals surface area contributed by atoms with Crippen molar-refractivity contribution in [3.05, 3.63) is 81.3 Å². The Hall–Kier alpha value is -3.23. The minimum atomic E-state index is -0.185. The molecule has 0 aliphatic heterocycles. The zero-order valence-corrected chi connectivity index (χ0v) is 20.1. The summed E-state index contributed by atoms with van der Waals surface area (Å²) in [6, 6.07) is 14.7. The summed E-state index contributed by atoms with van der Waals surface area (Å²) in [5.74, 6) is 0.515. The molecule has 7 nitrogen and oxygen atoms in total. The van der Waals surface area contributed by atoms with Crippen LogP contribution in [0.5, 0.6) is 5.75 Å². The summed E-state index contributed by atoms with van der Waals surface area (Å²) in [4.78, 5) is 31.3. The van der Waals surface area contributed by atoms with Gasteiger partial charge in [-0.15, -0.1) is 11.3 Å². The van der Waals surface area contributed by atoms with Gasteiger partial charge in [0.2, 0.25) is 0 Å². The van der Waals surface area contributed by atoms with Gasteiger partial charge in [0.05, 0.1) is 13.7 Å². The van der Waals surface area contributed by atoms with Crippen LogP contribution in [0.4, 0.5) is 0 Å². The Morgan fingerprint density at radius 3 is 2.64 bits per heavy atom. The number of methoxy groups -OCH3 is 1. The number of rotatable bonds is 11. The van der Waals surface area contributed by atoms with E-state index >= 15 is 0 Å². The first kappa shape index (κ1) is 24.4. The lowest BCUT2D eigenvalue weighted by Crippen LogP contribution is -2.28. The van der Waals surface area contributed by atoms with E-state index in [9.17, 15) is 9.59 Å². The molecule has 0 atom stereocenters. The molecule has 2 amide bonds. The fourth-order valence-electron chi connectivity index (χ4n) is 3.30. The van der Waals surface area contributed by atoms with Gasteiger partial charge in [-0.1, -0.05) is 18.2 Å². The highest BCUT2D eigenvalue weighted by Gasteiger charge is 2.15. The van der Waals surface area contributed by atoms with Gasteiger partial charge in [-0.3, -0.25) is 9.59 Å². The van der Waals surface area contributed by atoms with E-state index < -0.39 is 0 Å². The molecule has 0 bridgehead atoms. The van der Waals surface area contributed by atoms with Gasteiger partial charge in [-0.2, -0.15) is 0 Å². The average Bonchev–Trinajstić information content (AvgIpc) is 3.25. The maximum Gasteiger partial charge on any atom is 0.253 e. The van der Waals surface area contributed by atoms with Crippen LogP contribution in [0.15, 0.2) is 53.9 Å². The number of hydrogen-bond donors (Lipinski definition) is 2. The third-order valence-electron chi connectivity index (χ3n) is 5.04. The maximum atomic E-state index is 12.8. The zero-order valence-electron chi connectivity index (χ0n) is 19.3. The number of aromatic nitrogens is 1. The third-order valence-corrected chi connectivity index (χ3v) is 5.99. The SMILES string of the molecule is COc1cccc(CNCCCNC(=O)c2cccc(C(=O)N(C)Cc3nc(C)cs3)c2)c1. The van der Waals surface area contributed by atoms with Gasteiger partial charge in [0.1, 0.15) is 10.8 Å². The van der Waals surface area contributed by atoms with Crippen molar-refractivity contribution in [1.29, 1.82) is 0 Å². The van der Waals surface area contributed by atoms with Crippen molar-refractivity contribution in [3.8, 4) is 5.75 Å². The predicted octanol–water partition coefficient (Wildman–Crippen LogP) is 3.64. The van der Waals surface area contributed by atoms with E-state index in [2.05, 4.69) is 15.6 Å². The maximum absolute atomic E-state index is 12.8. The van der Waals surface area contributed by atoms with Gasteiger partial charge in [-0.25, -0.2) is 4.98 Å². The number of thiazole rings is 1. The Morgan fingerprint density at radius 2 is 1.88 bits per heavy atom. The Bertz CT molecular complexity index is 1080. The molecule has 0 aliphatic carbocycles. The van der Waals surface area contributed by atoms with Crippen molar-refractivity contribution < 1.29 is 14.3 Å². The van der Waals surface area contributed by atoms with Crippen LogP contribution in [0.2, 0.25) is 0 Å². The van der Waals surface area contributed by atoms with E-state index in [1.54, 1.807) is 43.3 Å². The molecule has 0 fully saturated rings. The van der Waals surface area contributed by atoms with Gasteiger partial charge < -0.3 is 20.3 Å². The first-order valence-corrected chi connectivity index (χ1v) is 11.7. The summed E-state index contributed by atoms with van der Waals surface area (Å²) in [5.41, 5.74) is 3.06. The van der Waals surface area contributed by atoms with Crippen molar-refractivity contribution in [1.82, 2.24) is 20.5 Å². The molecule has 0 radical (unpaired) electrons. The highest BCUT2D eigenvalue weighted by Crippen LogP contribution is 2.14. The number of aryl methyl sites for hydroxylation is 1. The number of ether oxygens (including phenoxy) is 1. The molecule has 2 N–H and O–H groups in total. The van der Waals surface area contributed by atoms with Gasteiger partial charge in [-0.05, 0) is 55.8 Å². The number of benzene rings is 2. The van der Waals surface area contributed by atoms with Crippen molar-refractivity contribution >= 4 is 23.2 Å². The Morgan fingerprint density at radius 1 is 1.09 bits per heavy atom. The lowest BCUT2D eigenvalue weighted by molar-refractivity contribution is 0.0785. The lowest BCUT2D eigenvalue weighted by atomic mass is 10.1. The molecule has 8 heteroatoms. The molecule has 3 aromatic rings. The molecular weight excluding hydrogens is 436 g/mol. The minimum absolute atomic E-state index is 0.140. The fourth-order valence-corrected chi connectivity index (χ4v) is 4.12. The number of carbonyl (C=O) groups excluding carboxylic acids is 2. The first-order valence-electron chi connectivity index (χ1n) is 10.8. The van der Waals surface area contributed by atoms with Crippen LogP contribution in [0, 0.1) is 6.92 Å². The molecule has 0 spiro atoms. The Kier molecular flexibility index (Phi) is 8.97. The van der Waals surface area contributed by atoms with Crippen molar-refractivity contribution in [2.24, 2.45) is 0 Å². The molecule has 2 aromatic carbocycles. The number of nitrogens with one attached hydrogen (secondary N) is 2. The number of amides is 2. The minimum Gasteiger partial charge on any atom is -0.497 e. The van der Waals surface area contributed by atoms with Crippen molar-refractivity contribution in [3.63, 3.8) is 0 Å². The molecule has 0 saturated carbocycles. The van der Waals surface area contributed by atoms with E-state index in [1.807, 2.05) is 36.6 Å². The largest absolute Gasteiger partial charge is 0.497 e. The topological polar surface area (TPSA) is 83.6 Å². The normalized spacial score (nSPS) is 10.6. The summed E-state index contributed by atoms with van der Waals surface area (Å²) in [6.07, 6.45) is 0.796. The Labute approximate surface area is 198 Å². The number of nitrogens with zero attached hydrogens (tertiary/aromatic N) is 2. The molecular formula is C25H30N4O3S. The highest BCUT2D eigenvalue weighted by molar-refractivity contribution is 7.09. The number of carbonyl (C=O) groups is 2. The predicted molar refractivity (Wildman–Crippen MR) is 131 cm³/mol. The third kappa shape index (κ3) is 7.40. The molecule has 1 aromatic heterocycles. The molecule has 33 heavy (non-hydrogen) atoms. The van der Waals surface area contributed by atoms with Crippen LogP contribution in [0.25, 0.3) is 0 Å². The van der Waals surface area contributed by atoms with Gasteiger partial charge in [0, 0.05) is 42.3 Å². The smallest absolute Gasteiger partial charge is 0.253 e. The van der Waals surface area contributed by atoms with Gasteiger partial charge >= 0.3 is 0 Å². The number of hydrogen-bond acceptors (Lipinski definition) is 6. The quantitative estimate of drug-likeness (QED) is 0.422. The molecule has 0 saturated heterocycles. The monoisotopic (exact) mass is 466 g/mol. The van der Waals surface area contributed by atoms with Crippen LogP contribution in [0.3, 0.4) is 0 Å². The van der Waals surface area contributed by atoms with E-state index in [0.717, 1.165) is 41.5 Å². The van der Waals surface area contributed by atoms with Gasteiger partial charge in [0.15, 0.2) is 0 Å². The molecule has 0 aliphatic rings. The fraction of sp³-hybridized carbons (Fsp3) is 0.320. The standard InChI is InChI=1S/C25H30N4O3S/c1-18-17-33-23(28-18)16-29(2)25(31)21-9-5-8-20(14-21)24(30)27-12-6-11-26-15-19-7-4-10-22(13-19)32-3/h4-5,7-10,13-14,17,26H,6,11-12,15-16H2,1-3H3,(H,27,30). The summed E-state index contributed by atoms with van der Waals surface area (Å²) in [5, 5.41) is 9.14.